The summed E-state index contributed by atoms with van der Waals surface area (Å²) in [4.78, 5) is 0. The van der Waals surface area contributed by atoms with Crippen molar-refractivity contribution in [2.75, 3.05) is 7.05 Å². The maximum Gasteiger partial charge on any atom is 0.274 e. The standard InChI is InChI=1S/C13H15BrN2O3S/c1-15-9-12-6-7-13(19-12)20(17,18)16-8-10-2-4-11(14)5-3-10/h2-7,15-16H,8-9H2,1H3. The van der Waals surface area contributed by atoms with E-state index in [9.17, 15) is 8.42 Å². The number of hydrogen-bond donors (Lipinski definition) is 2. The first-order valence-electron chi connectivity index (χ1n) is 5.99. The average Bonchev–Trinajstić information content (AvgIpc) is 2.88. The topological polar surface area (TPSA) is 71.3 Å². The van der Waals surface area contributed by atoms with Gasteiger partial charge in [-0.15, -0.1) is 0 Å². The molecule has 0 radical (unpaired) electrons. The molecular weight excluding hydrogens is 344 g/mol. The van der Waals surface area contributed by atoms with Crippen LogP contribution in [0.15, 0.2) is 50.4 Å². The normalized spacial score (nSPS) is 11.7. The summed E-state index contributed by atoms with van der Waals surface area (Å²) in [5, 5.41) is 2.83. The second-order valence-electron chi connectivity index (χ2n) is 4.20. The van der Waals surface area contributed by atoms with E-state index < -0.39 is 10.0 Å². The van der Waals surface area contributed by atoms with Crippen molar-refractivity contribution in [1.29, 1.82) is 0 Å². The van der Waals surface area contributed by atoms with E-state index in [0.717, 1.165) is 10.0 Å². The van der Waals surface area contributed by atoms with Crippen LogP contribution in [0.1, 0.15) is 11.3 Å². The van der Waals surface area contributed by atoms with Crippen LogP contribution in [0.2, 0.25) is 0 Å². The van der Waals surface area contributed by atoms with Crippen molar-refractivity contribution >= 4 is 26.0 Å². The molecule has 2 aromatic rings. The SMILES string of the molecule is CNCc1ccc(S(=O)(=O)NCc2ccc(Br)cc2)o1. The van der Waals surface area contributed by atoms with Gasteiger partial charge in [0.05, 0.1) is 6.54 Å². The molecule has 1 heterocycles. The molecule has 0 amide bonds. The van der Waals surface area contributed by atoms with Gasteiger partial charge < -0.3 is 9.73 Å². The van der Waals surface area contributed by atoms with E-state index in [1.807, 2.05) is 24.3 Å². The van der Waals surface area contributed by atoms with Crippen LogP contribution in [0.5, 0.6) is 0 Å². The van der Waals surface area contributed by atoms with Gasteiger partial charge in [0.15, 0.2) is 0 Å². The maximum atomic E-state index is 12.1. The Balaban J connectivity index is 2.04. The first-order valence-corrected chi connectivity index (χ1v) is 8.26. The largest absolute Gasteiger partial charge is 0.447 e. The summed E-state index contributed by atoms with van der Waals surface area (Å²) in [6.45, 7) is 0.708. The number of hydrogen-bond acceptors (Lipinski definition) is 4. The third-order valence-electron chi connectivity index (χ3n) is 2.63. The Kier molecular flexibility index (Phi) is 4.98. The lowest BCUT2D eigenvalue weighted by Crippen LogP contribution is -2.22. The van der Waals surface area contributed by atoms with Crippen LogP contribution in [0, 0.1) is 0 Å². The second-order valence-corrected chi connectivity index (χ2v) is 6.82. The summed E-state index contributed by atoms with van der Waals surface area (Å²) in [6, 6.07) is 10.5. The highest BCUT2D eigenvalue weighted by atomic mass is 79.9. The molecule has 1 aromatic heterocycles. The highest BCUT2D eigenvalue weighted by Gasteiger charge is 2.18. The summed E-state index contributed by atoms with van der Waals surface area (Å²) in [5.74, 6) is 0.580. The van der Waals surface area contributed by atoms with Gasteiger partial charge in [-0.05, 0) is 36.9 Å². The molecule has 108 valence electrons. The Morgan fingerprint density at radius 3 is 2.45 bits per heavy atom. The van der Waals surface area contributed by atoms with E-state index in [2.05, 4.69) is 26.0 Å². The van der Waals surface area contributed by atoms with E-state index in [1.54, 1.807) is 13.1 Å². The summed E-state index contributed by atoms with van der Waals surface area (Å²) >= 11 is 3.33. The van der Waals surface area contributed by atoms with Crippen molar-refractivity contribution in [3.05, 3.63) is 52.2 Å². The van der Waals surface area contributed by atoms with Crippen LogP contribution < -0.4 is 10.0 Å². The molecule has 0 saturated heterocycles. The molecule has 0 spiro atoms. The van der Waals surface area contributed by atoms with Crippen molar-refractivity contribution in [1.82, 2.24) is 10.0 Å². The Bertz CT molecular complexity index is 665. The number of furan rings is 1. The number of benzene rings is 1. The van der Waals surface area contributed by atoms with E-state index in [-0.39, 0.29) is 11.6 Å². The maximum absolute atomic E-state index is 12.1. The predicted molar refractivity (Wildman–Crippen MR) is 79.6 cm³/mol. The fraction of sp³-hybridized carbons (Fsp3) is 0.231. The lowest BCUT2D eigenvalue weighted by atomic mass is 10.2. The Labute approximate surface area is 126 Å². The number of rotatable bonds is 6. The highest BCUT2D eigenvalue weighted by molar-refractivity contribution is 9.10. The molecule has 0 aliphatic rings. The highest BCUT2D eigenvalue weighted by Crippen LogP contribution is 2.15. The molecule has 5 nitrogen and oxygen atoms in total. The fourth-order valence-corrected chi connectivity index (χ4v) is 2.85. The second kappa shape index (κ2) is 6.53. The van der Waals surface area contributed by atoms with Gasteiger partial charge in [0.25, 0.3) is 10.0 Å². The van der Waals surface area contributed by atoms with E-state index in [0.29, 0.717) is 12.3 Å². The van der Waals surface area contributed by atoms with Crippen molar-refractivity contribution in [2.45, 2.75) is 18.2 Å². The number of halogens is 1. The van der Waals surface area contributed by atoms with Crippen molar-refractivity contribution in [3.8, 4) is 0 Å². The minimum absolute atomic E-state index is 0.0696. The van der Waals surface area contributed by atoms with E-state index in [1.165, 1.54) is 6.07 Å². The van der Waals surface area contributed by atoms with Crippen molar-refractivity contribution in [2.24, 2.45) is 0 Å². The van der Waals surface area contributed by atoms with Crippen LogP contribution in [0.3, 0.4) is 0 Å². The first kappa shape index (κ1) is 15.2. The van der Waals surface area contributed by atoms with Gasteiger partial charge in [0.2, 0.25) is 5.09 Å². The number of nitrogens with one attached hydrogen (secondary N) is 2. The first-order chi connectivity index (χ1) is 9.51. The van der Waals surface area contributed by atoms with Crippen LogP contribution >= 0.6 is 15.9 Å². The minimum Gasteiger partial charge on any atom is -0.447 e. The quantitative estimate of drug-likeness (QED) is 0.830. The summed E-state index contributed by atoms with van der Waals surface area (Å²) in [6.07, 6.45) is 0. The molecule has 0 unspecified atom stereocenters. The molecule has 7 heteroatoms. The Hall–Kier alpha value is -1.15. The summed E-state index contributed by atoms with van der Waals surface area (Å²) in [5.41, 5.74) is 0.874. The third-order valence-corrected chi connectivity index (χ3v) is 4.43. The molecule has 1 aromatic carbocycles. The van der Waals surface area contributed by atoms with Crippen molar-refractivity contribution < 1.29 is 12.8 Å². The smallest absolute Gasteiger partial charge is 0.274 e. The fourth-order valence-electron chi connectivity index (χ4n) is 1.62. The lowest BCUT2D eigenvalue weighted by Gasteiger charge is -2.04. The average molecular weight is 359 g/mol. The summed E-state index contributed by atoms with van der Waals surface area (Å²) < 4.78 is 32.8. The molecule has 2 N–H and O–H groups in total. The van der Waals surface area contributed by atoms with Gasteiger partial charge in [0, 0.05) is 11.0 Å². The van der Waals surface area contributed by atoms with Crippen LogP contribution in [0.25, 0.3) is 0 Å². The zero-order valence-electron chi connectivity index (χ0n) is 10.9. The van der Waals surface area contributed by atoms with E-state index in [4.69, 9.17) is 4.42 Å². The Morgan fingerprint density at radius 1 is 1.10 bits per heavy atom. The van der Waals surface area contributed by atoms with Crippen LogP contribution in [-0.2, 0) is 23.1 Å². The molecule has 0 atom stereocenters. The Morgan fingerprint density at radius 2 is 1.80 bits per heavy atom. The van der Waals surface area contributed by atoms with Gasteiger partial charge >= 0.3 is 0 Å². The zero-order valence-corrected chi connectivity index (χ0v) is 13.3. The molecule has 20 heavy (non-hydrogen) atoms. The zero-order chi connectivity index (χ0) is 14.6. The molecule has 2 rings (SSSR count). The van der Waals surface area contributed by atoms with Crippen molar-refractivity contribution in [3.63, 3.8) is 0 Å². The van der Waals surface area contributed by atoms with Gasteiger partial charge in [-0.1, -0.05) is 28.1 Å². The predicted octanol–water partition coefficient (Wildman–Crippen LogP) is 2.24. The van der Waals surface area contributed by atoms with Crippen LogP contribution in [-0.4, -0.2) is 15.5 Å². The molecular formula is C13H15BrN2O3S. The van der Waals surface area contributed by atoms with Gasteiger partial charge in [-0.3, -0.25) is 0 Å². The number of sulfonamides is 1. The lowest BCUT2D eigenvalue weighted by molar-refractivity contribution is 0.404. The van der Waals surface area contributed by atoms with Crippen LogP contribution in [0.4, 0.5) is 0 Å². The summed E-state index contributed by atoms with van der Waals surface area (Å²) in [7, 11) is -1.86. The molecule has 0 fully saturated rings. The molecule has 0 aliphatic carbocycles. The monoisotopic (exact) mass is 358 g/mol. The van der Waals surface area contributed by atoms with Gasteiger partial charge in [-0.2, -0.15) is 0 Å². The van der Waals surface area contributed by atoms with Gasteiger partial charge in [0.1, 0.15) is 5.76 Å². The molecule has 0 saturated carbocycles. The van der Waals surface area contributed by atoms with E-state index >= 15 is 0 Å². The minimum atomic E-state index is -3.62. The third kappa shape index (κ3) is 3.92. The van der Waals surface area contributed by atoms with Gasteiger partial charge in [-0.25, -0.2) is 13.1 Å². The molecule has 0 aliphatic heterocycles. The molecule has 0 bridgehead atoms.